The number of aliphatic hydroxyl groups is 1. The lowest BCUT2D eigenvalue weighted by molar-refractivity contribution is -0.130. The Bertz CT molecular complexity index is 955. The monoisotopic (exact) mass is 436 g/mol. The molecule has 2 aromatic rings. The Hall–Kier alpha value is -2.33. The molecule has 1 heterocycles. The van der Waals surface area contributed by atoms with Crippen LogP contribution >= 0.6 is 0 Å². The first kappa shape index (κ1) is 22.4. The Kier molecular flexibility index (Phi) is 7.54. The van der Waals surface area contributed by atoms with Gasteiger partial charge in [-0.1, -0.05) is 36.4 Å². The number of halogens is 1. The van der Waals surface area contributed by atoms with Crippen LogP contribution in [-0.2, 0) is 26.1 Å². The highest BCUT2D eigenvalue weighted by Crippen LogP contribution is 2.23. The van der Waals surface area contributed by atoms with Crippen molar-refractivity contribution in [2.75, 3.05) is 6.61 Å². The van der Waals surface area contributed by atoms with Gasteiger partial charge in [0.1, 0.15) is 5.82 Å². The lowest BCUT2D eigenvalue weighted by Gasteiger charge is -2.35. The fraction of sp³-hybridized carbons (Fsp3) is 0.381. The average molecular weight is 437 g/mol. The lowest BCUT2D eigenvalue weighted by Crippen LogP contribution is -2.51. The second-order valence-corrected chi connectivity index (χ2v) is 8.88. The molecule has 0 saturated carbocycles. The van der Waals surface area contributed by atoms with Crippen molar-refractivity contribution in [2.24, 2.45) is 0 Å². The number of nitrogens with one attached hydrogen (secondary N) is 2. The molecule has 0 spiro atoms. The fourth-order valence-corrected chi connectivity index (χ4v) is 4.72. The Morgan fingerprint density at radius 2 is 1.80 bits per heavy atom. The number of ether oxygens (including phenoxy) is 1. The molecule has 0 aliphatic carbocycles. The maximum Gasteiger partial charge on any atom is 0.240 e. The average Bonchev–Trinajstić information content (AvgIpc) is 2.74. The minimum absolute atomic E-state index is 0.0447. The molecule has 162 valence electrons. The smallest absolute Gasteiger partial charge is 0.240 e. The zero-order chi connectivity index (χ0) is 21.6. The van der Waals surface area contributed by atoms with Gasteiger partial charge in [-0.3, -0.25) is 4.79 Å². The van der Waals surface area contributed by atoms with Gasteiger partial charge in [-0.15, -0.1) is 0 Å². The van der Waals surface area contributed by atoms with Gasteiger partial charge in [0.25, 0.3) is 0 Å². The van der Waals surface area contributed by atoms with E-state index in [0.717, 1.165) is 0 Å². The van der Waals surface area contributed by atoms with Crippen LogP contribution in [0.4, 0.5) is 4.39 Å². The zero-order valence-electron chi connectivity index (χ0n) is 16.3. The van der Waals surface area contributed by atoms with Gasteiger partial charge in [0, 0.05) is 12.1 Å². The van der Waals surface area contributed by atoms with Crippen LogP contribution < -0.4 is 10.0 Å². The summed E-state index contributed by atoms with van der Waals surface area (Å²) in [6.45, 7) is -0.309. The van der Waals surface area contributed by atoms with E-state index in [0.29, 0.717) is 18.4 Å². The van der Waals surface area contributed by atoms with Crippen LogP contribution in [-0.4, -0.2) is 44.3 Å². The van der Waals surface area contributed by atoms with Crippen molar-refractivity contribution in [2.45, 2.75) is 49.0 Å². The number of amides is 1. The Morgan fingerprint density at radius 1 is 1.10 bits per heavy atom. The molecule has 1 aliphatic rings. The second-order valence-electron chi connectivity index (χ2n) is 7.17. The van der Waals surface area contributed by atoms with Crippen molar-refractivity contribution in [3.05, 3.63) is 66.0 Å². The molecule has 0 radical (unpaired) electrons. The van der Waals surface area contributed by atoms with Crippen LogP contribution in [0.2, 0.25) is 0 Å². The lowest BCUT2D eigenvalue weighted by atomic mass is 9.98. The van der Waals surface area contributed by atoms with Gasteiger partial charge in [-0.05, 0) is 31.0 Å². The molecular formula is C21H25FN2O5S. The Balaban J connectivity index is 1.52. The highest BCUT2D eigenvalue weighted by molar-refractivity contribution is 7.89. The summed E-state index contributed by atoms with van der Waals surface area (Å²) < 4.78 is 47.0. The first-order valence-electron chi connectivity index (χ1n) is 9.73. The number of benzene rings is 2. The van der Waals surface area contributed by atoms with Gasteiger partial charge in [-0.25, -0.2) is 17.5 Å². The van der Waals surface area contributed by atoms with E-state index in [1.807, 2.05) is 0 Å². The number of aliphatic hydroxyl groups excluding tert-OH is 1. The van der Waals surface area contributed by atoms with Gasteiger partial charge < -0.3 is 15.2 Å². The number of hydrogen-bond donors (Lipinski definition) is 3. The van der Waals surface area contributed by atoms with Gasteiger partial charge in [0.05, 0.1) is 36.2 Å². The quantitative estimate of drug-likeness (QED) is 0.585. The molecule has 7 nitrogen and oxygen atoms in total. The second kappa shape index (κ2) is 10.1. The molecule has 0 bridgehead atoms. The summed E-state index contributed by atoms with van der Waals surface area (Å²) in [6.07, 6.45) is -0.307. The molecule has 0 unspecified atom stereocenters. The number of sulfonamides is 1. The fourth-order valence-electron chi connectivity index (χ4n) is 3.40. The van der Waals surface area contributed by atoms with E-state index in [2.05, 4.69) is 10.0 Å². The van der Waals surface area contributed by atoms with Gasteiger partial charge in [-0.2, -0.15) is 0 Å². The molecule has 1 aliphatic heterocycles. The third-order valence-electron chi connectivity index (χ3n) is 5.00. The van der Waals surface area contributed by atoms with Crippen LogP contribution in [0, 0.1) is 5.82 Å². The van der Waals surface area contributed by atoms with E-state index in [1.54, 1.807) is 36.4 Å². The van der Waals surface area contributed by atoms with Crippen LogP contribution in [0.15, 0.2) is 59.5 Å². The number of carbonyl (C=O) groups excluding carboxylic acids is 1. The van der Waals surface area contributed by atoms with Crippen LogP contribution in [0.5, 0.6) is 0 Å². The van der Waals surface area contributed by atoms with Crippen molar-refractivity contribution >= 4 is 15.9 Å². The summed E-state index contributed by atoms with van der Waals surface area (Å²) in [5.41, 5.74) is 0.388. The summed E-state index contributed by atoms with van der Waals surface area (Å²) in [5.74, 6) is -0.691. The first-order valence-corrected chi connectivity index (χ1v) is 11.2. The minimum Gasteiger partial charge on any atom is -0.394 e. The Morgan fingerprint density at radius 3 is 2.50 bits per heavy atom. The molecule has 1 saturated heterocycles. The van der Waals surface area contributed by atoms with E-state index >= 15 is 0 Å². The molecule has 1 amide bonds. The molecule has 3 N–H and O–H groups in total. The summed E-state index contributed by atoms with van der Waals surface area (Å²) in [5, 5.41) is 12.3. The Labute approximate surface area is 175 Å². The predicted octanol–water partition coefficient (Wildman–Crippen LogP) is 1.72. The molecule has 0 aromatic heterocycles. The number of rotatable bonds is 8. The van der Waals surface area contributed by atoms with Gasteiger partial charge >= 0.3 is 0 Å². The maximum atomic E-state index is 13.6. The summed E-state index contributed by atoms with van der Waals surface area (Å²) in [7, 11) is -3.74. The van der Waals surface area contributed by atoms with E-state index in [1.165, 1.54) is 18.2 Å². The summed E-state index contributed by atoms with van der Waals surface area (Å²) in [4.78, 5) is 12.3. The SMILES string of the molecule is O=C(C[C@H]1CC[C@@H](NS(=O)(=O)c2ccccc2)[C@@H](CO)O1)NCc1ccccc1F. The van der Waals surface area contributed by atoms with E-state index in [4.69, 9.17) is 4.74 Å². The van der Waals surface area contributed by atoms with Gasteiger partial charge in [0.15, 0.2) is 0 Å². The van der Waals surface area contributed by atoms with E-state index < -0.39 is 28.3 Å². The minimum atomic E-state index is -3.74. The van der Waals surface area contributed by atoms with E-state index in [-0.39, 0.29) is 36.2 Å². The van der Waals surface area contributed by atoms with Crippen molar-refractivity contribution in [3.8, 4) is 0 Å². The zero-order valence-corrected chi connectivity index (χ0v) is 17.1. The molecule has 30 heavy (non-hydrogen) atoms. The third-order valence-corrected chi connectivity index (χ3v) is 6.51. The summed E-state index contributed by atoms with van der Waals surface area (Å²) in [6, 6.07) is 13.6. The highest BCUT2D eigenvalue weighted by atomic mass is 32.2. The van der Waals surface area contributed by atoms with Crippen molar-refractivity contribution in [1.29, 1.82) is 0 Å². The molecule has 3 atom stereocenters. The normalized spacial score (nSPS) is 21.9. The van der Waals surface area contributed by atoms with E-state index in [9.17, 15) is 22.7 Å². The molecular weight excluding hydrogens is 411 g/mol. The highest BCUT2D eigenvalue weighted by Gasteiger charge is 2.34. The van der Waals surface area contributed by atoms with Crippen molar-refractivity contribution in [3.63, 3.8) is 0 Å². The molecule has 3 rings (SSSR count). The molecule has 2 aromatic carbocycles. The van der Waals surface area contributed by atoms with Crippen LogP contribution in [0.25, 0.3) is 0 Å². The number of carbonyl (C=O) groups is 1. The third kappa shape index (κ3) is 5.85. The standard InChI is InChI=1S/C21H25FN2O5S/c22-18-9-5-4-6-15(18)13-23-21(26)12-16-10-11-19(20(14-25)29-16)24-30(27,28)17-7-2-1-3-8-17/h1-9,16,19-20,24-25H,10-14H2,(H,23,26)/t16-,19-,20-/m1/s1. The maximum absolute atomic E-state index is 13.6. The van der Waals surface area contributed by atoms with Gasteiger partial charge in [0.2, 0.25) is 15.9 Å². The van der Waals surface area contributed by atoms with Crippen LogP contribution in [0.1, 0.15) is 24.8 Å². The van der Waals surface area contributed by atoms with Crippen molar-refractivity contribution < 1.29 is 27.4 Å². The first-order chi connectivity index (χ1) is 14.4. The summed E-state index contributed by atoms with van der Waals surface area (Å²) >= 11 is 0. The van der Waals surface area contributed by atoms with Crippen molar-refractivity contribution in [1.82, 2.24) is 10.0 Å². The molecule has 1 fully saturated rings. The predicted molar refractivity (Wildman–Crippen MR) is 108 cm³/mol. The largest absolute Gasteiger partial charge is 0.394 e. The number of hydrogen-bond acceptors (Lipinski definition) is 5. The molecule has 9 heteroatoms. The topological polar surface area (TPSA) is 105 Å². The van der Waals surface area contributed by atoms with Crippen LogP contribution in [0.3, 0.4) is 0 Å².